The number of aromatic carboxylic acids is 1. The molecule has 1 aromatic carbocycles. The van der Waals surface area contributed by atoms with Crippen molar-refractivity contribution < 1.29 is 14.6 Å². The predicted molar refractivity (Wildman–Crippen MR) is 70.2 cm³/mol. The van der Waals surface area contributed by atoms with E-state index in [2.05, 4.69) is 9.97 Å². The van der Waals surface area contributed by atoms with Gasteiger partial charge in [0.25, 0.3) is 0 Å². The average Bonchev–Trinajstić information content (AvgIpc) is 2.38. The molecule has 0 aliphatic rings. The number of carboxylic acids is 1. The van der Waals surface area contributed by atoms with Gasteiger partial charge in [-0.05, 0) is 26.0 Å². The Hall–Kier alpha value is -2.43. The molecule has 0 aliphatic heterocycles. The molecule has 0 atom stereocenters. The van der Waals surface area contributed by atoms with Crippen LogP contribution in [-0.2, 0) is 0 Å². The normalized spacial score (nSPS) is 10.5. The van der Waals surface area contributed by atoms with Crippen LogP contribution in [0.1, 0.15) is 24.2 Å². The van der Waals surface area contributed by atoms with Gasteiger partial charge in [-0.3, -0.25) is 4.98 Å². The van der Waals surface area contributed by atoms with E-state index in [-0.39, 0.29) is 11.7 Å². The van der Waals surface area contributed by atoms with Crippen molar-refractivity contribution in [3.63, 3.8) is 0 Å². The molecule has 0 fully saturated rings. The molecule has 0 spiro atoms. The maximum absolute atomic E-state index is 10.8. The number of carbonyl (C=O) groups is 1. The van der Waals surface area contributed by atoms with Gasteiger partial charge in [0.05, 0.1) is 29.8 Å². The zero-order valence-electron chi connectivity index (χ0n) is 10.7. The standard InChI is InChI=1S/C14H14N2O3/c1-9(2)19-13-8-15-7-12(16-13)10-3-5-11(6-4-10)14(17)18/h3-9H,1-2H3,(H,17,18). The topological polar surface area (TPSA) is 72.3 Å². The number of aromatic nitrogens is 2. The van der Waals surface area contributed by atoms with Gasteiger partial charge >= 0.3 is 5.97 Å². The minimum atomic E-state index is -0.950. The number of rotatable bonds is 4. The number of hydrogen-bond donors (Lipinski definition) is 1. The third-order valence-electron chi connectivity index (χ3n) is 2.40. The first-order chi connectivity index (χ1) is 9.06. The summed E-state index contributed by atoms with van der Waals surface area (Å²) >= 11 is 0. The molecule has 5 nitrogen and oxygen atoms in total. The van der Waals surface area contributed by atoms with Crippen LogP contribution in [0.4, 0.5) is 0 Å². The second kappa shape index (κ2) is 5.48. The first-order valence-corrected chi connectivity index (χ1v) is 5.88. The summed E-state index contributed by atoms with van der Waals surface area (Å²) in [4.78, 5) is 19.2. The van der Waals surface area contributed by atoms with E-state index in [1.54, 1.807) is 24.5 Å². The fourth-order valence-electron chi connectivity index (χ4n) is 1.57. The highest BCUT2D eigenvalue weighted by molar-refractivity contribution is 5.88. The van der Waals surface area contributed by atoms with E-state index in [1.165, 1.54) is 12.1 Å². The van der Waals surface area contributed by atoms with Crippen LogP contribution in [0.3, 0.4) is 0 Å². The first kappa shape index (κ1) is 13.0. The summed E-state index contributed by atoms with van der Waals surface area (Å²) in [5, 5.41) is 8.84. The number of carboxylic acid groups (broad SMARTS) is 1. The van der Waals surface area contributed by atoms with Crippen LogP contribution in [0, 0.1) is 0 Å². The van der Waals surface area contributed by atoms with Gasteiger partial charge in [0, 0.05) is 5.56 Å². The summed E-state index contributed by atoms with van der Waals surface area (Å²) in [7, 11) is 0. The molecule has 2 aromatic rings. The Morgan fingerprint density at radius 3 is 2.47 bits per heavy atom. The van der Waals surface area contributed by atoms with Crippen LogP contribution in [0.25, 0.3) is 11.3 Å². The molecular weight excluding hydrogens is 244 g/mol. The molecule has 19 heavy (non-hydrogen) atoms. The number of nitrogens with zero attached hydrogens (tertiary/aromatic N) is 2. The second-order valence-electron chi connectivity index (χ2n) is 4.29. The van der Waals surface area contributed by atoms with E-state index in [9.17, 15) is 4.79 Å². The monoisotopic (exact) mass is 258 g/mol. The molecule has 2 rings (SSSR count). The van der Waals surface area contributed by atoms with Crippen molar-refractivity contribution in [1.29, 1.82) is 0 Å². The Labute approximate surface area is 110 Å². The van der Waals surface area contributed by atoms with Gasteiger partial charge in [0.1, 0.15) is 0 Å². The highest BCUT2D eigenvalue weighted by Gasteiger charge is 2.06. The second-order valence-corrected chi connectivity index (χ2v) is 4.29. The molecule has 0 aliphatic carbocycles. The van der Waals surface area contributed by atoms with E-state index >= 15 is 0 Å². The third-order valence-corrected chi connectivity index (χ3v) is 2.40. The van der Waals surface area contributed by atoms with E-state index in [4.69, 9.17) is 9.84 Å². The highest BCUT2D eigenvalue weighted by Crippen LogP contribution is 2.19. The van der Waals surface area contributed by atoms with Crippen LogP contribution < -0.4 is 4.74 Å². The van der Waals surface area contributed by atoms with Crippen LogP contribution in [-0.4, -0.2) is 27.1 Å². The molecule has 0 saturated heterocycles. The van der Waals surface area contributed by atoms with Crippen molar-refractivity contribution in [1.82, 2.24) is 9.97 Å². The third kappa shape index (κ3) is 3.28. The fraction of sp³-hybridized carbons (Fsp3) is 0.214. The lowest BCUT2D eigenvalue weighted by molar-refractivity contribution is 0.0697. The first-order valence-electron chi connectivity index (χ1n) is 5.88. The maximum atomic E-state index is 10.8. The summed E-state index contributed by atoms with van der Waals surface area (Å²) < 4.78 is 5.47. The van der Waals surface area contributed by atoms with Gasteiger partial charge in [0.2, 0.25) is 5.88 Å². The molecular formula is C14H14N2O3. The smallest absolute Gasteiger partial charge is 0.335 e. The Kier molecular flexibility index (Phi) is 3.75. The van der Waals surface area contributed by atoms with Crippen molar-refractivity contribution in [2.75, 3.05) is 0 Å². The SMILES string of the molecule is CC(C)Oc1cncc(-c2ccc(C(=O)O)cc2)n1. The zero-order valence-corrected chi connectivity index (χ0v) is 10.7. The lowest BCUT2D eigenvalue weighted by Crippen LogP contribution is -2.07. The van der Waals surface area contributed by atoms with Crippen LogP contribution in [0.15, 0.2) is 36.7 Å². The van der Waals surface area contributed by atoms with Gasteiger partial charge in [-0.2, -0.15) is 0 Å². The Morgan fingerprint density at radius 2 is 1.89 bits per heavy atom. The minimum absolute atomic E-state index is 0.0268. The molecule has 98 valence electrons. The summed E-state index contributed by atoms with van der Waals surface area (Å²) in [5.41, 5.74) is 1.69. The number of ether oxygens (including phenoxy) is 1. The molecule has 0 unspecified atom stereocenters. The van der Waals surface area contributed by atoms with E-state index in [0.29, 0.717) is 11.6 Å². The predicted octanol–water partition coefficient (Wildman–Crippen LogP) is 2.63. The van der Waals surface area contributed by atoms with Gasteiger partial charge < -0.3 is 9.84 Å². The maximum Gasteiger partial charge on any atom is 0.335 e. The van der Waals surface area contributed by atoms with Gasteiger partial charge in [-0.1, -0.05) is 12.1 Å². The average molecular weight is 258 g/mol. The summed E-state index contributed by atoms with van der Waals surface area (Å²) in [6, 6.07) is 6.48. The van der Waals surface area contributed by atoms with Gasteiger partial charge in [-0.15, -0.1) is 0 Å². The van der Waals surface area contributed by atoms with E-state index < -0.39 is 5.97 Å². The highest BCUT2D eigenvalue weighted by atomic mass is 16.5. The Morgan fingerprint density at radius 1 is 1.21 bits per heavy atom. The van der Waals surface area contributed by atoms with Crippen molar-refractivity contribution >= 4 is 5.97 Å². The fourth-order valence-corrected chi connectivity index (χ4v) is 1.57. The molecule has 1 aromatic heterocycles. The van der Waals surface area contributed by atoms with Gasteiger partial charge in [-0.25, -0.2) is 9.78 Å². The van der Waals surface area contributed by atoms with E-state index in [1.807, 2.05) is 13.8 Å². The van der Waals surface area contributed by atoms with Crippen molar-refractivity contribution in [3.05, 3.63) is 42.2 Å². The summed E-state index contributed by atoms with van der Waals surface area (Å²) in [6.07, 6.45) is 3.19. The molecule has 0 radical (unpaired) electrons. The molecule has 0 bridgehead atoms. The Bertz CT molecular complexity index is 579. The van der Waals surface area contributed by atoms with Crippen molar-refractivity contribution in [3.8, 4) is 17.1 Å². The molecule has 5 heteroatoms. The summed E-state index contributed by atoms with van der Waals surface area (Å²) in [6.45, 7) is 3.83. The lowest BCUT2D eigenvalue weighted by Gasteiger charge is -2.09. The van der Waals surface area contributed by atoms with Crippen molar-refractivity contribution in [2.24, 2.45) is 0 Å². The lowest BCUT2D eigenvalue weighted by atomic mass is 10.1. The number of benzene rings is 1. The largest absolute Gasteiger partial charge is 0.478 e. The minimum Gasteiger partial charge on any atom is -0.478 e. The van der Waals surface area contributed by atoms with E-state index in [0.717, 1.165) is 5.56 Å². The molecule has 1 N–H and O–H groups in total. The van der Waals surface area contributed by atoms with Gasteiger partial charge in [0.15, 0.2) is 0 Å². The number of hydrogen-bond acceptors (Lipinski definition) is 4. The molecule has 1 heterocycles. The van der Waals surface area contributed by atoms with Crippen LogP contribution >= 0.6 is 0 Å². The Balaban J connectivity index is 2.28. The van der Waals surface area contributed by atoms with Crippen LogP contribution in [0.2, 0.25) is 0 Å². The van der Waals surface area contributed by atoms with Crippen LogP contribution in [0.5, 0.6) is 5.88 Å². The van der Waals surface area contributed by atoms with Crippen molar-refractivity contribution in [2.45, 2.75) is 20.0 Å². The molecule has 0 saturated carbocycles. The summed E-state index contributed by atoms with van der Waals surface area (Å²) in [5.74, 6) is -0.496. The zero-order chi connectivity index (χ0) is 13.8. The quantitative estimate of drug-likeness (QED) is 0.912. The molecule has 0 amide bonds.